The highest BCUT2D eigenvalue weighted by atomic mass is 16.5. The molecule has 0 saturated heterocycles. The number of anilines is 1. The van der Waals surface area contributed by atoms with E-state index in [-0.39, 0.29) is 5.41 Å². The van der Waals surface area contributed by atoms with Crippen LogP contribution in [0.25, 0.3) is 0 Å². The maximum atomic E-state index is 5.96. The Bertz CT molecular complexity index is 585. The topological polar surface area (TPSA) is 35.2 Å². The first-order chi connectivity index (χ1) is 9.42. The van der Waals surface area contributed by atoms with Crippen molar-refractivity contribution < 1.29 is 4.74 Å². The predicted molar refractivity (Wildman–Crippen MR) is 85.4 cm³/mol. The molecule has 0 aliphatic rings. The van der Waals surface area contributed by atoms with E-state index in [0.717, 1.165) is 17.7 Å². The van der Waals surface area contributed by atoms with E-state index in [9.17, 15) is 0 Å². The van der Waals surface area contributed by atoms with Crippen LogP contribution in [0.1, 0.15) is 38.3 Å². The van der Waals surface area contributed by atoms with Crippen LogP contribution in [-0.2, 0) is 5.41 Å². The lowest BCUT2D eigenvalue weighted by Crippen LogP contribution is -2.14. The van der Waals surface area contributed by atoms with Crippen LogP contribution in [0.15, 0.2) is 42.5 Å². The minimum absolute atomic E-state index is 0.196. The Kier molecular flexibility index (Phi) is 4.03. The van der Waals surface area contributed by atoms with Crippen molar-refractivity contribution in [2.24, 2.45) is 0 Å². The van der Waals surface area contributed by atoms with E-state index in [1.807, 2.05) is 37.3 Å². The highest BCUT2D eigenvalue weighted by Crippen LogP contribution is 2.31. The van der Waals surface area contributed by atoms with E-state index in [1.54, 1.807) is 0 Å². The first-order valence-corrected chi connectivity index (χ1v) is 7.07. The molecule has 0 unspecified atom stereocenters. The Balaban J connectivity index is 2.19. The zero-order valence-electron chi connectivity index (χ0n) is 12.7. The third-order valence-corrected chi connectivity index (χ3v) is 3.91. The van der Waals surface area contributed by atoms with Crippen LogP contribution < -0.4 is 10.5 Å². The van der Waals surface area contributed by atoms with Gasteiger partial charge in [0.05, 0.1) is 5.69 Å². The van der Waals surface area contributed by atoms with Crippen LogP contribution in [-0.4, -0.2) is 0 Å². The van der Waals surface area contributed by atoms with Gasteiger partial charge < -0.3 is 10.5 Å². The minimum atomic E-state index is 0.196. The second-order valence-electron chi connectivity index (χ2n) is 5.91. The van der Waals surface area contributed by atoms with Crippen molar-refractivity contribution in [3.63, 3.8) is 0 Å². The summed E-state index contributed by atoms with van der Waals surface area (Å²) in [5, 5.41) is 0. The van der Waals surface area contributed by atoms with E-state index in [4.69, 9.17) is 10.5 Å². The average molecular weight is 269 g/mol. The smallest absolute Gasteiger partial charge is 0.150 e. The minimum Gasteiger partial charge on any atom is -0.455 e. The molecule has 0 bridgehead atoms. The molecule has 2 N–H and O–H groups in total. The van der Waals surface area contributed by atoms with Gasteiger partial charge in [0.1, 0.15) is 11.5 Å². The molecule has 0 aromatic heterocycles. The molecule has 0 saturated carbocycles. The van der Waals surface area contributed by atoms with Gasteiger partial charge in [-0.25, -0.2) is 0 Å². The average Bonchev–Trinajstić information content (AvgIpc) is 2.42. The zero-order chi connectivity index (χ0) is 14.8. The fourth-order valence-electron chi connectivity index (χ4n) is 2.07. The molecule has 2 nitrogen and oxygen atoms in total. The third kappa shape index (κ3) is 3.13. The lowest BCUT2D eigenvalue weighted by Gasteiger charge is -2.23. The Morgan fingerprint density at radius 2 is 1.70 bits per heavy atom. The molecule has 106 valence electrons. The van der Waals surface area contributed by atoms with Gasteiger partial charge in [0, 0.05) is 0 Å². The van der Waals surface area contributed by atoms with Gasteiger partial charge in [-0.05, 0) is 54.2 Å². The number of aryl methyl sites for hydroxylation is 1. The summed E-state index contributed by atoms with van der Waals surface area (Å²) < 4.78 is 5.84. The van der Waals surface area contributed by atoms with Crippen molar-refractivity contribution in [3.05, 3.63) is 53.6 Å². The van der Waals surface area contributed by atoms with Gasteiger partial charge in [-0.3, -0.25) is 0 Å². The SMILES string of the molecule is CCC(C)(C)c1ccc(Oc2ccc(C)cc2N)cc1. The molecule has 2 aromatic carbocycles. The van der Waals surface area contributed by atoms with Gasteiger partial charge in [-0.1, -0.05) is 39.0 Å². The van der Waals surface area contributed by atoms with E-state index in [1.165, 1.54) is 5.56 Å². The maximum Gasteiger partial charge on any atom is 0.150 e. The first kappa shape index (κ1) is 14.4. The van der Waals surface area contributed by atoms with Gasteiger partial charge in [0.2, 0.25) is 0 Å². The van der Waals surface area contributed by atoms with E-state index >= 15 is 0 Å². The Morgan fingerprint density at radius 3 is 2.25 bits per heavy atom. The fourth-order valence-corrected chi connectivity index (χ4v) is 2.07. The predicted octanol–water partition coefficient (Wildman–Crippen LogP) is 5.06. The highest BCUT2D eigenvalue weighted by Gasteiger charge is 2.17. The molecule has 0 aliphatic heterocycles. The quantitative estimate of drug-likeness (QED) is 0.788. The Morgan fingerprint density at radius 1 is 1.05 bits per heavy atom. The van der Waals surface area contributed by atoms with Crippen LogP contribution in [0.4, 0.5) is 5.69 Å². The standard InChI is InChI=1S/C18H23NO/c1-5-18(3,4)14-7-9-15(10-8-14)20-17-11-6-13(2)12-16(17)19/h6-12H,5,19H2,1-4H3. The van der Waals surface area contributed by atoms with Crippen molar-refractivity contribution in [2.45, 2.75) is 39.5 Å². The van der Waals surface area contributed by atoms with E-state index in [2.05, 4.69) is 32.9 Å². The number of rotatable bonds is 4. The summed E-state index contributed by atoms with van der Waals surface area (Å²) in [6.45, 7) is 8.72. The summed E-state index contributed by atoms with van der Waals surface area (Å²) in [5.74, 6) is 1.52. The summed E-state index contributed by atoms with van der Waals surface area (Å²) in [6.07, 6.45) is 1.11. The zero-order valence-corrected chi connectivity index (χ0v) is 12.7. The molecule has 0 atom stereocenters. The van der Waals surface area contributed by atoms with Gasteiger partial charge in [-0.15, -0.1) is 0 Å². The Labute approximate surface area is 121 Å². The highest BCUT2D eigenvalue weighted by molar-refractivity contribution is 5.55. The monoisotopic (exact) mass is 269 g/mol. The fraction of sp³-hybridized carbons (Fsp3) is 0.333. The molecule has 0 aliphatic carbocycles. The summed E-state index contributed by atoms with van der Waals surface area (Å²) >= 11 is 0. The molecule has 2 aromatic rings. The van der Waals surface area contributed by atoms with Gasteiger partial charge in [0.15, 0.2) is 0 Å². The number of hydrogen-bond acceptors (Lipinski definition) is 2. The Hall–Kier alpha value is -1.96. The number of ether oxygens (including phenoxy) is 1. The van der Waals surface area contributed by atoms with Crippen LogP contribution >= 0.6 is 0 Å². The van der Waals surface area contributed by atoms with Crippen LogP contribution in [0.2, 0.25) is 0 Å². The van der Waals surface area contributed by atoms with Crippen LogP contribution in [0.5, 0.6) is 11.5 Å². The largest absolute Gasteiger partial charge is 0.455 e. The molecule has 0 radical (unpaired) electrons. The van der Waals surface area contributed by atoms with Gasteiger partial charge >= 0.3 is 0 Å². The third-order valence-electron chi connectivity index (χ3n) is 3.91. The number of hydrogen-bond donors (Lipinski definition) is 1. The van der Waals surface area contributed by atoms with Gasteiger partial charge in [-0.2, -0.15) is 0 Å². The normalized spacial score (nSPS) is 11.4. The summed E-state index contributed by atoms with van der Waals surface area (Å²) in [4.78, 5) is 0. The van der Waals surface area contributed by atoms with Crippen LogP contribution in [0.3, 0.4) is 0 Å². The van der Waals surface area contributed by atoms with E-state index < -0.39 is 0 Å². The molecule has 2 heteroatoms. The van der Waals surface area contributed by atoms with E-state index in [0.29, 0.717) is 11.4 Å². The second-order valence-corrected chi connectivity index (χ2v) is 5.91. The second kappa shape index (κ2) is 5.58. The number of nitrogens with two attached hydrogens (primary N) is 1. The van der Waals surface area contributed by atoms with Crippen molar-refractivity contribution in [1.29, 1.82) is 0 Å². The molecular weight excluding hydrogens is 246 g/mol. The number of benzene rings is 2. The molecule has 2 rings (SSSR count). The lowest BCUT2D eigenvalue weighted by molar-refractivity contribution is 0.480. The van der Waals surface area contributed by atoms with Crippen LogP contribution in [0, 0.1) is 6.92 Å². The molecule has 0 spiro atoms. The molecule has 0 amide bonds. The molecular formula is C18H23NO. The summed E-state index contributed by atoms with van der Waals surface area (Å²) in [7, 11) is 0. The maximum absolute atomic E-state index is 5.96. The summed E-state index contributed by atoms with van der Waals surface area (Å²) in [5.41, 5.74) is 9.29. The lowest BCUT2D eigenvalue weighted by atomic mass is 9.82. The first-order valence-electron chi connectivity index (χ1n) is 7.07. The molecule has 0 fully saturated rings. The summed E-state index contributed by atoms with van der Waals surface area (Å²) in [6, 6.07) is 14.1. The van der Waals surface area contributed by atoms with Crippen molar-refractivity contribution in [2.75, 3.05) is 5.73 Å². The van der Waals surface area contributed by atoms with Crippen molar-refractivity contribution in [3.8, 4) is 11.5 Å². The molecule has 0 heterocycles. The van der Waals surface area contributed by atoms with Crippen molar-refractivity contribution >= 4 is 5.69 Å². The van der Waals surface area contributed by atoms with Gasteiger partial charge in [0.25, 0.3) is 0 Å². The van der Waals surface area contributed by atoms with Crippen molar-refractivity contribution in [1.82, 2.24) is 0 Å². The number of nitrogen functional groups attached to an aromatic ring is 1. The molecule has 20 heavy (non-hydrogen) atoms.